The van der Waals surface area contributed by atoms with Crippen LogP contribution in [0.3, 0.4) is 0 Å². The fraction of sp³-hybridized carbons (Fsp3) is 0.636. The second kappa shape index (κ2) is 4.62. The Labute approximate surface area is 85.1 Å². The lowest BCUT2D eigenvalue weighted by Crippen LogP contribution is -2.43. The number of rotatable bonds is 3. The minimum atomic E-state index is 0.661. The maximum Gasteiger partial charge on any atom is 0.117 e. The van der Waals surface area contributed by atoms with Crippen molar-refractivity contribution in [2.45, 2.75) is 25.4 Å². The van der Waals surface area contributed by atoms with Gasteiger partial charge in [0.25, 0.3) is 0 Å². The third kappa shape index (κ3) is 2.36. The first-order valence-electron chi connectivity index (χ1n) is 5.29. The molecule has 1 aromatic rings. The molecular formula is C11H18N2O. The van der Waals surface area contributed by atoms with Crippen LogP contribution in [0, 0.1) is 0 Å². The van der Waals surface area contributed by atoms with Gasteiger partial charge in [-0.2, -0.15) is 0 Å². The largest absolute Gasteiger partial charge is 0.468 e. The first-order chi connectivity index (χ1) is 6.86. The zero-order valence-corrected chi connectivity index (χ0v) is 8.70. The summed E-state index contributed by atoms with van der Waals surface area (Å²) in [5.41, 5.74) is 0. The van der Waals surface area contributed by atoms with Crippen LogP contribution < -0.4 is 5.32 Å². The van der Waals surface area contributed by atoms with Crippen molar-refractivity contribution >= 4 is 0 Å². The van der Waals surface area contributed by atoms with E-state index in [0.29, 0.717) is 6.04 Å². The maximum absolute atomic E-state index is 5.33. The average molecular weight is 194 g/mol. The highest BCUT2D eigenvalue weighted by molar-refractivity contribution is 4.98. The standard InChI is InChI=1S/C11H18N2O/c1-13(9-11-5-3-7-14-11)10-4-2-6-12-8-10/h3,5,7,10,12H,2,4,6,8-9H2,1H3. The minimum Gasteiger partial charge on any atom is -0.468 e. The molecule has 2 heterocycles. The Morgan fingerprint density at radius 3 is 3.21 bits per heavy atom. The number of furan rings is 1. The quantitative estimate of drug-likeness (QED) is 0.789. The number of nitrogens with one attached hydrogen (secondary N) is 1. The molecule has 0 aromatic carbocycles. The summed E-state index contributed by atoms with van der Waals surface area (Å²) in [5.74, 6) is 1.05. The number of hydrogen-bond donors (Lipinski definition) is 1. The van der Waals surface area contributed by atoms with E-state index < -0.39 is 0 Å². The maximum atomic E-state index is 5.33. The van der Waals surface area contributed by atoms with Crippen LogP contribution in [-0.2, 0) is 6.54 Å². The topological polar surface area (TPSA) is 28.4 Å². The molecule has 1 saturated heterocycles. The van der Waals surface area contributed by atoms with Crippen molar-refractivity contribution in [3.63, 3.8) is 0 Å². The Bertz CT molecular complexity index is 252. The molecule has 1 aromatic heterocycles. The zero-order valence-electron chi connectivity index (χ0n) is 8.70. The van der Waals surface area contributed by atoms with Gasteiger partial charge < -0.3 is 9.73 Å². The molecule has 0 aliphatic carbocycles. The predicted molar refractivity (Wildman–Crippen MR) is 56.1 cm³/mol. The van der Waals surface area contributed by atoms with Gasteiger partial charge in [-0.3, -0.25) is 4.90 Å². The van der Waals surface area contributed by atoms with E-state index in [2.05, 4.69) is 17.3 Å². The summed E-state index contributed by atoms with van der Waals surface area (Å²) in [6.45, 7) is 3.20. The van der Waals surface area contributed by atoms with Crippen molar-refractivity contribution in [3.8, 4) is 0 Å². The van der Waals surface area contributed by atoms with E-state index in [1.54, 1.807) is 6.26 Å². The Balaban J connectivity index is 1.85. The summed E-state index contributed by atoms with van der Waals surface area (Å²) < 4.78 is 5.33. The summed E-state index contributed by atoms with van der Waals surface area (Å²) in [5, 5.41) is 3.42. The highest BCUT2D eigenvalue weighted by atomic mass is 16.3. The normalized spacial score (nSPS) is 22.9. The van der Waals surface area contributed by atoms with E-state index >= 15 is 0 Å². The molecule has 1 atom stereocenters. The van der Waals surface area contributed by atoms with Crippen LogP contribution in [-0.4, -0.2) is 31.1 Å². The van der Waals surface area contributed by atoms with E-state index in [1.807, 2.05) is 12.1 Å². The second-order valence-corrected chi connectivity index (χ2v) is 3.99. The molecule has 2 rings (SSSR count). The van der Waals surface area contributed by atoms with Gasteiger partial charge in [-0.05, 0) is 38.6 Å². The van der Waals surface area contributed by atoms with Gasteiger partial charge in [0.15, 0.2) is 0 Å². The predicted octanol–water partition coefficient (Wildman–Crippen LogP) is 1.46. The highest BCUT2D eigenvalue weighted by Gasteiger charge is 2.17. The molecule has 0 saturated carbocycles. The summed E-state index contributed by atoms with van der Waals surface area (Å²) in [7, 11) is 2.17. The van der Waals surface area contributed by atoms with Crippen molar-refractivity contribution in [2.75, 3.05) is 20.1 Å². The lowest BCUT2D eigenvalue weighted by Gasteiger charge is -2.30. The second-order valence-electron chi connectivity index (χ2n) is 3.99. The molecule has 0 bridgehead atoms. The van der Waals surface area contributed by atoms with Crippen molar-refractivity contribution in [1.29, 1.82) is 0 Å². The van der Waals surface area contributed by atoms with Gasteiger partial charge in [0.1, 0.15) is 5.76 Å². The van der Waals surface area contributed by atoms with Gasteiger partial charge in [0.2, 0.25) is 0 Å². The third-order valence-corrected chi connectivity index (χ3v) is 2.88. The summed E-state index contributed by atoms with van der Waals surface area (Å²) >= 11 is 0. The van der Waals surface area contributed by atoms with Crippen LogP contribution in [0.5, 0.6) is 0 Å². The molecule has 14 heavy (non-hydrogen) atoms. The monoisotopic (exact) mass is 194 g/mol. The van der Waals surface area contributed by atoms with Gasteiger partial charge >= 0.3 is 0 Å². The highest BCUT2D eigenvalue weighted by Crippen LogP contribution is 2.12. The molecule has 1 unspecified atom stereocenters. The summed E-state index contributed by atoms with van der Waals surface area (Å²) in [4.78, 5) is 2.37. The van der Waals surface area contributed by atoms with Crippen molar-refractivity contribution in [1.82, 2.24) is 10.2 Å². The van der Waals surface area contributed by atoms with E-state index in [4.69, 9.17) is 4.42 Å². The Kier molecular flexibility index (Phi) is 3.22. The molecule has 1 fully saturated rings. The van der Waals surface area contributed by atoms with Gasteiger partial charge in [0.05, 0.1) is 12.8 Å². The van der Waals surface area contributed by atoms with Crippen molar-refractivity contribution in [2.24, 2.45) is 0 Å². The van der Waals surface area contributed by atoms with Crippen LogP contribution in [0.4, 0.5) is 0 Å². The number of likely N-dealkylation sites (N-methyl/N-ethyl adjacent to an activating group) is 1. The molecule has 1 N–H and O–H groups in total. The molecular weight excluding hydrogens is 176 g/mol. The van der Waals surface area contributed by atoms with Gasteiger partial charge in [-0.1, -0.05) is 0 Å². The van der Waals surface area contributed by atoms with Crippen LogP contribution >= 0.6 is 0 Å². The van der Waals surface area contributed by atoms with Gasteiger partial charge in [-0.15, -0.1) is 0 Å². The fourth-order valence-corrected chi connectivity index (χ4v) is 1.99. The first-order valence-corrected chi connectivity index (χ1v) is 5.29. The molecule has 3 heteroatoms. The summed E-state index contributed by atoms with van der Waals surface area (Å²) in [6, 6.07) is 4.64. The number of nitrogens with zero attached hydrogens (tertiary/aromatic N) is 1. The molecule has 0 amide bonds. The fourth-order valence-electron chi connectivity index (χ4n) is 1.99. The lowest BCUT2D eigenvalue weighted by atomic mass is 10.1. The minimum absolute atomic E-state index is 0.661. The van der Waals surface area contributed by atoms with Crippen LogP contribution in [0.15, 0.2) is 22.8 Å². The average Bonchev–Trinajstić information content (AvgIpc) is 2.72. The molecule has 1 aliphatic rings. The van der Waals surface area contributed by atoms with Gasteiger partial charge in [-0.25, -0.2) is 0 Å². The summed E-state index contributed by atoms with van der Waals surface area (Å²) in [6.07, 6.45) is 4.32. The van der Waals surface area contributed by atoms with Crippen LogP contribution in [0.1, 0.15) is 18.6 Å². The number of hydrogen-bond acceptors (Lipinski definition) is 3. The molecule has 3 nitrogen and oxygen atoms in total. The van der Waals surface area contributed by atoms with E-state index in [0.717, 1.165) is 18.8 Å². The van der Waals surface area contributed by atoms with Crippen molar-refractivity contribution < 1.29 is 4.42 Å². The first kappa shape index (κ1) is 9.74. The Morgan fingerprint density at radius 2 is 2.57 bits per heavy atom. The SMILES string of the molecule is CN(Cc1ccco1)C1CCCNC1. The Morgan fingerprint density at radius 1 is 1.64 bits per heavy atom. The van der Waals surface area contributed by atoms with Crippen molar-refractivity contribution in [3.05, 3.63) is 24.2 Å². The Hall–Kier alpha value is -0.800. The zero-order chi connectivity index (χ0) is 9.80. The van der Waals surface area contributed by atoms with E-state index in [9.17, 15) is 0 Å². The lowest BCUT2D eigenvalue weighted by molar-refractivity contribution is 0.183. The van der Waals surface area contributed by atoms with Crippen LogP contribution in [0.25, 0.3) is 0 Å². The molecule has 0 radical (unpaired) electrons. The van der Waals surface area contributed by atoms with Gasteiger partial charge in [0, 0.05) is 12.6 Å². The smallest absolute Gasteiger partial charge is 0.117 e. The molecule has 1 aliphatic heterocycles. The number of piperidine rings is 1. The molecule has 0 spiro atoms. The van der Waals surface area contributed by atoms with E-state index in [-0.39, 0.29) is 0 Å². The van der Waals surface area contributed by atoms with Crippen LogP contribution in [0.2, 0.25) is 0 Å². The molecule has 78 valence electrons. The van der Waals surface area contributed by atoms with E-state index in [1.165, 1.54) is 19.4 Å². The third-order valence-electron chi connectivity index (χ3n) is 2.88.